The molecule has 1 fully saturated rings. The highest BCUT2D eigenvalue weighted by Gasteiger charge is 2.50. The van der Waals surface area contributed by atoms with E-state index in [4.69, 9.17) is 29.6 Å². The standard InChI is InChI=1S/C21H37BN7O18P3S/c1-21(2,16(32)19(33)25-4-3-12(30)24-5-6-51-22(34)35)8-44-50(41,42)47-49(39,40)43-7-11-15(46-48(36,37)38)14(31)20(45-11)29-10-28-13-17(23)26-9-27-18(13)29/h9-11,14-16,20,31-32,34-35H,3-8H2,1-2H3,(H,24,30)(H,25,33)(H,39,40)(H,41,42)(H2,23,26,27)(H2,36,37,38)/t11-,14-,15-,16+,20-/m1/s1. The third-order valence-electron chi connectivity index (χ3n) is 6.77. The Labute approximate surface area is 292 Å². The van der Waals surface area contributed by atoms with E-state index < -0.39 is 91.0 Å². The van der Waals surface area contributed by atoms with E-state index in [0.29, 0.717) is 0 Å². The molecule has 0 radical (unpaired) electrons. The minimum atomic E-state index is -5.57. The summed E-state index contributed by atoms with van der Waals surface area (Å²) in [5, 5.41) is 43.6. The van der Waals surface area contributed by atoms with Crippen molar-refractivity contribution in [3.63, 3.8) is 0 Å². The molecule has 2 aromatic rings. The van der Waals surface area contributed by atoms with Gasteiger partial charge in [0.2, 0.25) is 11.8 Å². The molecule has 0 aliphatic carbocycles. The Kier molecular flexibility index (Phi) is 15.1. The number of nitrogens with two attached hydrogens (primary N) is 1. The number of phosphoric ester groups is 3. The third kappa shape index (κ3) is 13.0. The lowest BCUT2D eigenvalue weighted by atomic mass is 9.87. The van der Waals surface area contributed by atoms with Gasteiger partial charge in [0.05, 0.1) is 19.5 Å². The van der Waals surface area contributed by atoms with Gasteiger partial charge in [0.15, 0.2) is 17.7 Å². The van der Waals surface area contributed by atoms with E-state index in [2.05, 4.69) is 34.4 Å². The van der Waals surface area contributed by atoms with E-state index in [1.807, 2.05) is 0 Å². The van der Waals surface area contributed by atoms with Crippen LogP contribution in [0.5, 0.6) is 0 Å². The van der Waals surface area contributed by atoms with E-state index in [9.17, 15) is 53.1 Å². The summed E-state index contributed by atoms with van der Waals surface area (Å²) in [6, 6.07) is 0. The zero-order valence-corrected chi connectivity index (χ0v) is 30.1. The Bertz CT molecular complexity index is 1670. The third-order valence-corrected chi connectivity index (χ3v) is 10.6. The topological polar surface area (TPSA) is 387 Å². The second-order valence-corrected chi connectivity index (χ2v) is 16.7. The average molecular weight is 811 g/mol. The molecule has 0 saturated carbocycles. The number of nitrogen functional groups attached to an aromatic ring is 1. The number of aliphatic hydroxyl groups excluding tert-OH is 2. The molecule has 1 saturated heterocycles. The molecular formula is C21H37BN7O18P3S. The van der Waals surface area contributed by atoms with E-state index in [-0.39, 0.29) is 42.2 Å². The number of anilines is 1. The van der Waals surface area contributed by atoms with Crippen LogP contribution >= 0.6 is 35.1 Å². The molecule has 30 heteroatoms. The van der Waals surface area contributed by atoms with Crippen molar-refractivity contribution < 1.29 is 85.7 Å². The number of aromatic nitrogens is 4. The minimum Gasteiger partial charge on any atom is -0.418 e. The number of imidazole rings is 1. The highest BCUT2D eigenvalue weighted by atomic mass is 32.2. The van der Waals surface area contributed by atoms with Crippen LogP contribution in [0.15, 0.2) is 12.7 Å². The van der Waals surface area contributed by atoms with Crippen molar-refractivity contribution in [1.82, 2.24) is 30.2 Å². The fourth-order valence-corrected chi connectivity index (χ4v) is 7.55. The van der Waals surface area contributed by atoms with Crippen LogP contribution in [0.2, 0.25) is 0 Å². The summed E-state index contributed by atoms with van der Waals surface area (Å²) in [6.45, 7) is 0.340. The normalized spacial score (nSPS) is 22.6. The Morgan fingerprint density at radius 1 is 1.10 bits per heavy atom. The van der Waals surface area contributed by atoms with Crippen molar-refractivity contribution >= 4 is 70.3 Å². The maximum atomic E-state index is 12.6. The monoisotopic (exact) mass is 811 g/mol. The Hall–Kier alpha value is -2.13. The number of rotatable bonds is 20. The SMILES string of the molecule is CC(C)(COP(=O)(O)OP(=O)(O)OC[C@H]1O[C@@H](n2cnc3c(N)ncnc32)[C@H](O)[C@@H]1OP(=O)(O)O)[C@@H](O)C(=O)NCCC(=O)NCCSB(O)O. The molecule has 25 nitrogen and oxygen atoms in total. The number of phosphoric acid groups is 3. The highest BCUT2D eigenvalue weighted by Crippen LogP contribution is 2.61. The molecule has 2 amide bonds. The van der Waals surface area contributed by atoms with Crippen molar-refractivity contribution in [2.24, 2.45) is 5.41 Å². The number of amides is 2. The van der Waals surface area contributed by atoms with E-state index >= 15 is 0 Å². The number of hydrogen-bond acceptors (Lipinski definition) is 19. The molecule has 2 aromatic heterocycles. The van der Waals surface area contributed by atoms with Crippen LogP contribution in [0.3, 0.4) is 0 Å². The Morgan fingerprint density at radius 3 is 2.41 bits per heavy atom. The van der Waals surface area contributed by atoms with Crippen LogP contribution in [-0.2, 0) is 45.9 Å². The molecule has 12 N–H and O–H groups in total. The van der Waals surface area contributed by atoms with Crippen LogP contribution in [0.4, 0.5) is 5.82 Å². The molecular weight excluding hydrogens is 774 g/mol. The summed E-state index contributed by atoms with van der Waals surface area (Å²) in [5.41, 5.74) is 4.23. The van der Waals surface area contributed by atoms with Gasteiger partial charge in [-0.25, -0.2) is 28.6 Å². The van der Waals surface area contributed by atoms with Gasteiger partial charge in [0.1, 0.15) is 36.3 Å². The first-order chi connectivity index (χ1) is 23.5. The van der Waals surface area contributed by atoms with Crippen molar-refractivity contribution in [1.29, 1.82) is 0 Å². The first kappa shape index (κ1) is 43.3. The maximum Gasteiger partial charge on any atom is 0.526 e. The number of nitrogens with zero attached hydrogens (tertiary/aromatic N) is 4. The highest BCUT2D eigenvalue weighted by molar-refractivity contribution is 8.23. The van der Waals surface area contributed by atoms with Gasteiger partial charge < -0.3 is 60.9 Å². The summed E-state index contributed by atoms with van der Waals surface area (Å²) in [7, 11) is -16.4. The first-order valence-electron chi connectivity index (χ1n) is 14.4. The zero-order chi connectivity index (χ0) is 38.4. The molecule has 0 spiro atoms. The quantitative estimate of drug-likeness (QED) is 0.0363. The maximum absolute atomic E-state index is 12.6. The molecule has 0 aromatic carbocycles. The molecule has 1 aliphatic rings. The van der Waals surface area contributed by atoms with Crippen LogP contribution in [0.25, 0.3) is 11.2 Å². The molecule has 51 heavy (non-hydrogen) atoms. The van der Waals surface area contributed by atoms with Crippen molar-refractivity contribution in [2.45, 2.75) is 50.9 Å². The molecule has 2 unspecified atom stereocenters. The van der Waals surface area contributed by atoms with Crippen LogP contribution in [0.1, 0.15) is 26.5 Å². The lowest BCUT2D eigenvalue weighted by Crippen LogP contribution is -2.46. The summed E-state index contributed by atoms with van der Waals surface area (Å²) in [5.74, 6) is -1.31. The fraction of sp³-hybridized carbons (Fsp3) is 0.667. The summed E-state index contributed by atoms with van der Waals surface area (Å²) < 4.78 is 61.8. The zero-order valence-electron chi connectivity index (χ0n) is 26.6. The van der Waals surface area contributed by atoms with E-state index in [1.165, 1.54) is 13.8 Å². The summed E-state index contributed by atoms with van der Waals surface area (Å²) in [4.78, 5) is 74.9. The average Bonchev–Trinajstić information content (AvgIpc) is 3.57. The van der Waals surface area contributed by atoms with Crippen molar-refractivity contribution in [3.8, 4) is 0 Å². The van der Waals surface area contributed by atoms with Crippen molar-refractivity contribution in [3.05, 3.63) is 12.7 Å². The minimum absolute atomic E-state index is 0.0268. The summed E-state index contributed by atoms with van der Waals surface area (Å²) in [6.07, 6.45) is -8.56. The number of aliphatic hydroxyl groups is 2. The molecule has 3 heterocycles. The largest absolute Gasteiger partial charge is 0.526 e. The van der Waals surface area contributed by atoms with Crippen LogP contribution in [-0.4, -0.2) is 134 Å². The second-order valence-electron chi connectivity index (χ2n) is 11.3. The van der Waals surface area contributed by atoms with Gasteiger partial charge in [-0.05, 0) is 0 Å². The number of hydrogen-bond donors (Lipinski definition) is 11. The predicted molar refractivity (Wildman–Crippen MR) is 172 cm³/mol. The number of ether oxygens (including phenoxy) is 1. The lowest BCUT2D eigenvalue weighted by Gasteiger charge is -2.30. The second kappa shape index (κ2) is 17.8. The van der Waals surface area contributed by atoms with Crippen LogP contribution in [0, 0.1) is 5.41 Å². The van der Waals surface area contributed by atoms with Crippen molar-refractivity contribution in [2.75, 3.05) is 37.8 Å². The Morgan fingerprint density at radius 2 is 1.76 bits per heavy atom. The van der Waals surface area contributed by atoms with Gasteiger partial charge in [-0.15, -0.1) is 11.6 Å². The van der Waals surface area contributed by atoms with Gasteiger partial charge in [-0.1, -0.05) is 13.8 Å². The number of fused-ring (bicyclic) bond motifs is 1. The molecule has 288 valence electrons. The smallest absolute Gasteiger partial charge is 0.418 e. The van der Waals surface area contributed by atoms with Gasteiger partial charge >= 0.3 is 29.9 Å². The Balaban J connectivity index is 1.55. The van der Waals surface area contributed by atoms with E-state index in [0.717, 1.165) is 28.8 Å². The summed E-state index contributed by atoms with van der Waals surface area (Å²) >= 11 is 0.775. The van der Waals surface area contributed by atoms with Gasteiger partial charge in [0.25, 0.3) is 0 Å². The molecule has 1 aliphatic heterocycles. The molecule has 3 rings (SSSR count). The lowest BCUT2D eigenvalue weighted by molar-refractivity contribution is -0.137. The molecule has 0 bridgehead atoms. The predicted octanol–water partition coefficient (Wildman–Crippen LogP) is -2.89. The van der Waals surface area contributed by atoms with Gasteiger partial charge in [0, 0.05) is 30.7 Å². The molecule has 7 atom stereocenters. The number of carbonyl (C=O) groups is 2. The first-order valence-corrected chi connectivity index (χ1v) is 20.0. The van der Waals surface area contributed by atoms with Crippen LogP contribution < -0.4 is 16.4 Å². The van der Waals surface area contributed by atoms with Gasteiger partial charge in [-0.2, -0.15) is 4.31 Å². The number of nitrogens with one attached hydrogen (secondary N) is 2. The van der Waals surface area contributed by atoms with Gasteiger partial charge in [-0.3, -0.25) is 27.7 Å². The fourth-order valence-electron chi connectivity index (χ4n) is 4.29. The number of carbonyl (C=O) groups excluding carboxylic acids is 2. The van der Waals surface area contributed by atoms with E-state index in [1.54, 1.807) is 0 Å².